The maximum Gasteiger partial charge on any atom is 0.170 e. The van der Waals surface area contributed by atoms with E-state index in [2.05, 4.69) is 5.32 Å². The summed E-state index contributed by atoms with van der Waals surface area (Å²) >= 11 is 0. The van der Waals surface area contributed by atoms with Gasteiger partial charge in [-0.3, -0.25) is 0 Å². The van der Waals surface area contributed by atoms with Gasteiger partial charge in [0.1, 0.15) is 6.29 Å². The summed E-state index contributed by atoms with van der Waals surface area (Å²) in [5.74, 6) is -0.0656. The standard InChI is InChI=1S/C15H22FNO2/c1-15(17-2,10-5-4-6-11-18)12-8-7-9-13(19-3)14(12)16/h7-9,11,17H,4-6,10H2,1-3H3. The van der Waals surface area contributed by atoms with Gasteiger partial charge in [0, 0.05) is 17.5 Å². The van der Waals surface area contributed by atoms with Crippen LogP contribution in [0.1, 0.15) is 38.2 Å². The zero-order valence-electron chi connectivity index (χ0n) is 11.8. The zero-order valence-corrected chi connectivity index (χ0v) is 11.8. The summed E-state index contributed by atoms with van der Waals surface area (Å²) in [6.45, 7) is 1.96. The van der Waals surface area contributed by atoms with E-state index < -0.39 is 5.54 Å². The number of rotatable bonds is 8. The highest BCUT2D eigenvalue weighted by atomic mass is 19.1. The lowest BCUT2D eigenvalue weighted by Gasteiger charge is -2.30. The monoisotopic (exact) mass is 267 g/mol. The fourth-order valence-electron chi connectivity index (χ4n) is 2.20. The summed E-state index contributed by atoms with van der Waals surface area (Å²) in [5, 5.41) is 3.18. The Bertz CT molecular complexity index is 423. The van der Waals surface area contributed by atoms with Crippen LogP contribution in [-0.4, -0.2) is 20.4 Å². The van der Waals surface area contributed by atoms with Gasteiger partial charge >= 0.3 is 0 Å². The largest absolute Gasteiger partial charge is 0.494 e. The molecule has 0 saturated carbocycles. The van der Waals surface area contributed by atoms with E-state index in [1.807, 2.05) is 14.0 Å². The van der Waals surface area contributed by atoms with Gasteiger partial charge in [-0.05, 0) is 32.9 Å². The molecule has 0 aliphatic carbocycles. The molecule has 0 bridgehead atoms. The van der Waals surface area contributed by atoms with Gasteiger partial charge in [-0.25, -0.2) is 4.39 Å². The van der Waals surface area contributed by atoms with Crippen LogP contribution in [0.3, 0.4) is 0 Å². The van der Waals surface area contributed by atoms with Crippen molar-refractivity contribution in [1.29, 1.82) is 0 Å². The molecule has 19 heavy (non-hydrogen) atoms. The highest BCUT2D eigenvalue weighted by molar-refractivity contribution is 5.48. The van der Waals surface area contributed by atoms with E-state index in [1.54, 1.807) is 18.2 Å². The minimum absolute atomic E-state index is 0.256. The average Bonchev–Trinajstić information content (AvgIpc) is 2.43. The molecule has 0 heterocycles. The second-order valence-electron chi connectivity index (χ2n) is 4.82. The van der Waals surface area contributed by atoms with E-state index >= 15 is 0 Å². The number of benzene rings is 1. The van der Waals surface area contributed by atoms with Crippen LogP contribution < -0.4 is 10.1 Å². The summed E-state index contributed by atoms with van der Waals surface area (Å²) in [5.41, 5.74) is 0.141. The van der Waals surface area contributed by atoms with E-state index in [1.165, 1.54) is 7.11 Å². The van der Waals surface area contributed by atoms with Gasteiger partial charge in [0.25, 0.3) is 0 Å². The molecule has 3 nitrogen and oxygen atoms in total. The third kappa shape index (κ3) is 3.77. The number of ether oxygens (including phenoxy) is 1. The summed E-state index contributed by atoms with van der Waals surface area (Å²) in [6.07, 6.45) is 3.93. The molecule has 0 fully saturated rings. The molecule has 1 N–H and O–H groups in total. The molecule has 1 rings (SSSR count). The third-order valence-electron chi connectivity index (χ3n) is 3.58. The van der Waals surface area contributed by atoms with Crippen LogP contribution in [0.4, 0.5) is 4.39 Å². The van der Waals surface area contributed by atoms with Crippen LogP contribution in [0.25, 0.3) is 0 Å². The van der Waals surface area contributed by atoms with E-state index in [4.69, 9.17) is 4.74 Å². The first-order valence-electron chi connectivity index (χ1n) is 6.54. The number of hydrogen-bond acceptors (Lipinski definition) is 3. The maximum absolute atomic E-state index is 14.3. The molecular weight excluding hydrogens is 245 g/mol. The van der Waals surface area contributed by atoms with Gasteiger partial charge < -0.3 is 14.8 Å². The smallest absolute Gasteiger partial charge is 0.170 e. The van der Waals surface area contributed by atoms with Crippen LogP contribution in [-0.2, 0) is 10.3 Å². The average molecular weight is 267 g/mol. The predicted octanol–water partition coefficient (Wildman–Crippen LogP) is 3.03. The second kappa shape index (κ2) is 7.24. The Morgan fingerprint density at radius 3 is 2.74 bits per heavy atom. The normalized spacial score (nSPS) is 13.9. The summed E-state index contributed by atoms with van der Waals surface area (Å²) in [7, 11) is 3.28. The van der Waals surface area contributed by atoms with Crippen LogP contribution in [0.15, 0.2) is 18.2 Å². The summed E-state index contributed by atoms with van der Waals surface area (Å²) in [6, 6.07) is 5.17. The fraction of sp³-hybridized carbons (Fsp3) is 0.533. The number of halogens is 1. The molecular formula is C15H22FNO2. The number of carbonyl (C=O) groups is 1. The first-order valence-corrected chi connectivity index (χ1v) is 6.54. The van der Waals surface area contributed by atoms with Gasteiger partial charge in [-0.15, -0.1) is 0 Å². The van der Waals surface area contributed by atoms with Crippen LogP contribution in [0.2, 0.25) is 0 Å². The zero-order chi connectivity index (χ0) is 14.3. The number of nitrogens with one attached hydrogen (secondary N) is 1. The van der Waals surface area contributed by atoms with Gasteiger partial charge in [-0.2, -0.15) is 0 Å². The van der Waals surface area contributed by atoms with E-state index in [0.717, 1.165) is 25.5 Å². The minimum Gasteiger partial charge on any atom is -0.494 e. The van der Waals surface area contributed by atoms with Crippen molar-refractivity contribution in [2.45, 2.75) is 38.1 Å². The maximum atomic E-state index is 14.3. The second-order valence-corrected chi connectivity index (χ2v) is 4.82. The number of methoxy groups -OCH3 is 1. The van der Waals surface area contributed by atoms with Crippen molar-refractivity contribution in [3.05, 3.63) is 29.6 Å². The lowest BCUT2D eigenvalue weighted by atomic mass is 9.86. The molecule has 4 heteroatoms. The molecule has 1 aromatic carbocycles. The van der Waals surface area contributed by atoms with Crippen molar-refractivity contribution in [3.63, 3.8) is 0 Å². The molecule has 0 radical (unpaired) electrons. The van der Waals surface area contributed by atoms with Crippen molar-refractivity contribution in [2.24, 2.45) is 0 Å². The molecule has 106 valence electrons. The molecule has 1 atom stereocenters. The molecule has 0 aliphatic rings. The Morgan fingerprint density at radius 1 is 1.42 bits per heavy atom. The van der Waals surface area contributed by atoms with Crippen molar-refractivity contribution < 1.29 is 13.9 Å². The lowest BCUT2D eigenvalue weighted by Crippen LogP contribution is -2.37. The number of carbonyl (C=O) groups excluding carboxylic acids is 1. The summed E-state index contributed by atoms with van der Waals surface area (Å²) in [4.78, 5) is 10.3. The van der Waals surface area contributed by atoms with Gasteiger partial charge in [0.15, 0.2) is 11.6 Å². The van der Waals surface area contributed by atoms with Crippen LogP contribution in [0, 0.1) is 5.82 Å². The molecule has 0 amide bonds. The van der Waals surface area contributed by atoms with Crippen molar-refractivity contribution >= 4 is 6.29 Å². The molecule has 1 aromatic rings. The quantitative estimate of drug-likeness (QED) is 0.581. The molecule has 1 unspecified atom stereocenters. The highest BCUT2D eigenvalue weighted by Gasteiger charge is 2.28. The Hall–Kier alpha value is -1.42. The SMILES string of the molecule is CNC(C)(CCCCC=O)c1cccc(OC)c1F. The van der Waals surface area contributed by atoms with Crippen molar-refractivity contribution in [2.75, 3.05) is 14.2 Å². The Balaban J connectivity index is 2.91. The molecule has 0 spiro atoms. The number of unbranched alkanes of at least 4 members (excludes halogenated alkanes) is 2. The fourth-order valence-corrected chi connectivity index (χ4v) is 2.20. The lowest BCUT2D eigenvalue weighted by molar-refractivity contribution is -0.107. The van der Waals surface area contributed by atoms with Gasteiger partial charge in [0.05, 0.1) is 7.11 Å². The number of aldehydes is 1. The van der Waals surface area contributed by atoms with E-state index in [9.17, 15) is 9.18 Å². The van der Waals surface area contributed by atoms with Crippen molar-refractivity contribution in [1.82, 2.24) is 5.32 Å². The topological polar surface area (TPSA) is 38.3 Å². The summed E-state index contributed by atoms with van der Waals surface area (Å²) < 4.78 is 19.3. The Labute approximate surface area is 114 Å². The highest BCUT2D eigenvalue weighted by Crippen LogP contribution is 2.32. The van der Waals surface area contributed by atoms with E-state index in [0.29, 0.717) is 12.0 Å². The molecule has 0 aliphatic heterocycles. The van der Waals surface area contributed by atoms with Crippen molar-refractivity contribution in [3.8, 4) is 5.75 Å². The first-order chi connectivity index (χ1) is 9.09. The predicted molar refractivity (Wildman–Crippen MR) is 73.9 cm³/mol. The third-order valence-corrected chi connectivity index (χ3v) is 3.58. The Morgan fingerprint density at radius 2 is 2.16 bits per heavy atom. The van der Waals surface area contributed by atoms with E-state index in [-0.39, 0.29) is 11.6 Å². The van der Waals surface area contributed by atoms with Gasteiger partial charge in [-0.1, -0.05) is 18.6 Å². The molecule has 0 saturated heterocycles. The van der Waals surface area contributed by atoms with Crippen LogP contribution >= 0.6 is 0 Å². The number of hydrogen-bond donors (Lipinski definition) is 1. The first kappa shape index (κ1) is 15.6. The van der Waals surface area contributed by atoms with Gasteiger partial charge in [0.2, 0.25) is 0 Å². The minimum atomic E-state index is -0.457. The van der Waals surface area contributed by atoms with Crippen LogP contribution in [0.5, 0.6) is 5.75 Å². The molecule has 0 aromatic heterocycles. The Kier molecular flexibility index (Phi) is 5.96.